The molecule has 0 saturated heterocycles. The Labute approximate surface area is 107 Å². The molecule has 0 aromatic heterocycles. The summed E-state index contributed by atoms with van der Waals surface area (Å²) in [5.41, 5.74) is 3.39. The first-order valence-electron chi connectivity index (χ1n) is 6.31. The van der Waals surface area contributed by atoms with Gasteiger partial charge in [0.05, 0.1) is 6.54 Å². The van der Waals surface area contributed by atoms with Crippen molar-refractivity contribution < 1.29 is 13.2 Å². The number of aryl methyl sites for hydroxylation is 1. The van der Waals surface area contributed by atoms with Crippen molar-refractivity contribution in [2.45, 2.75) is 39.9 Å². The zero-order chi connectivity index (χ0) is 13.8. The normalized spacial score (nSPS) is 15.7. The maximum Gasteiger partial charge on any atom is 0.401 e. The van der Waals surface area contributed by atoms with Crippen molar-refractivity contribution >= 4 is 0 Å². The number of alkyl halides is 3. The Morgan fingerprint density at radius 1 is 1.17 bits per heavy atom. The third-order valence-electron chi connectivity index (χ3n) is 2.86. The second-order valence-corrected chi connectivity index (χ2v) is 4.35. The van der Waals surface area contributed by atoms with Gasteiger partial charge in [-0.2, -0.15) is 13.2 Å². The van der Waals surface area contributed by atoms with Crippen molar-refractivity contribution in [1.29, 1.82) is 0 Å². The predicted molar refractivity (Wildman–Crippen MR) is 67.6 cm³/mol. The minimum absolute atomic E-state index is 0.412. The van der Waals surface area contributed by atoms with Crippen LogP contribution >= 0.6 is 0 Å². The highest BCUT2D eigenvalue weighted by molar-refractivity contribution is 5.33. The topological polar surface area (TPSA) is 3.24 Å². The molecule has 18 heavy (non-hydrogen) atoms. The van der Waals surface area contributed by atoms with E-state index in [1.807, 2.05) is 32.9 Å². The fourth-order valence-corrected chi connectivity index (χ4v) is 2.13. The second kappa shape index (κ2) is 6.23. The lowest BCUT2D eigenvalue weighted by atomic mass is 9.98. The summed E-state index contributed by atoms with van der Waals surface area (Å²) in [6.07, 6.45) is -3.38. The van der Waals surface area contributed by atoms with Crippen LogP contribution in [-0.2, 0) is 13.0 Å². The van der Waals surface area contributed by atoms with Gasteiger partial charge in [-0.25, -0.2) is 0 Å². The van der Waals surface area contributed by atoms with Crippen molar-refractivity contribution in [3.05, 3.63) is 34.9 Å². The molecule has 4 heteroatoms. The van der Waals surface area contributed by atoms with Gasteiger partial charge in [0.1, 0.15) is 0 Å². The van der Waals surface area contributed by atoms with Crippen LogP contribution in [-0.4, -0.2) is 24.2 Å². The summed E-state index contributed by atoms with van der Waals surface area (Å²) < 4.78 is 36.7. The van der Waals surface area contributed by atoms with Gasteiger partial charge >= 0.3 is 6.18 Å². The number of rotatable bonds is 1. The van der Waals surface area contributed by atoms with Gasteiger partial charge in [-0.15, -0.1) is 0 Å². The summed E-state index contributed by atoms with van der Waals surface area (Å²) in [5, 5.41) is 0. The minimum Gasteiger partial charge on any atom is -0.290 e. The fourth-order valence-electron chi connectivity index (χ4n) is 2.13. The molecule has 1 aromatic rings. The van der Waals surface area contributed by atoms with E-state index < -0.39 is 12.7 Å². The van der Waals surface area contributed by atoms with Crippen LogP contribution in [0.15, 0.2) is 18.2 Å². The molecule has 1 aliphatic rings. The first-order valence-corrected chi connectivity index (χ1v) is 6.31. The Bertz CT molecular complexity index is 385. The van der Waals surface area contributed by atoms with Crippen LogP contribution in [0.1, 0.15) is 30.5 Å². The average molecular weight is 259 g/mol. The third kappa shape index (κ3) is 4.33. The highest BCUT2D eigenvalue weighted by Gasteiger charge is 2.31. The number of hydrogen-bond donors (Lipinski definition) is 0. The quantitative estimate of drug-likeness (QED) is 0.738. The Balaban J connectivity index is 0.000000771. The number of benzene rings is 1. The van der Waals surface area contributed by atoms with Gasteiger partial charge in [-0.1, -0.05) is 37.6 Å². The smallest absolute Gasteiger partial charge is 0.290 e. The molecular formula is C14H20F3N. The summed E-state index contributed by atoms with van der Waals surface area (Å²) in [7, 11) is 0. The third-order valence-corrected chi connectivity index (χ3v) is 2.86. The zero-order valence-corrected chi connectivity index (χ0v) is 11.1. The van der Waals surface area contributed by atoms with E-state index in [0.29, 0.717) is 19.5 Å². The lowest BCUT2D eigenvalue weighted by Crippen LogP contribution is -2.37. The van der Waals surface area contributed by atoms with Gasteiger partial charge in [-0.3, -0.25) is 4.90 Å². The molecule has 0 atom stereocenters. The molecule has 0 spiro atoms. The molecule has 1 nitrogen and oxygen atoms in total. The van der Waals surface area contributed by atoms with Crippen LogP contribution < -0.4 is 0 Å². The monoisotopic (exact) mass is 259 g/mol. The number of hydrogen-bond acceptors (Lipinski definition) is 1. The summed E-state index contributed by atoms with van der Waals surface area (Å²) >= 11 is 0. The van der Waals surface area contributed by atoms with Crippen LogP contribution in [0.5, 0.6) is 0 Å². The van der Waals surface area contributed by atoms with Crippen molar-refractivity contribution in [2.24, 2.45) is 0 Å². The highest BCUT2D eigenvalue weighted by Crippen LogP contribution is 2.24. The van der Waals surface area contributed by atoms with Crippen LogP contribution in [0.2, 0.25) is 0 Å². The maximum absolute atomic E-state index is 12.2. The van der Waals surface area contributed by atoms with E-state index >= 15 is 0 Å². The van der Waals surface area contributed by atoms with E-state index in [0.717, 1.165) is 5.56 Å². The van der Waals surface area contributed by atoms with Gasteiger partial charge in [0.25, 0.3) is 0 Å². The predicted octanol–water partition coefficient (Wildman–Crippen LogP) is 3.94. The molecule has 1 heterocycles. The molecule has 1 aliphatic heterocycles. The van der Waals surface area contributed by atoms with Crippen LogP contribution in [0.3, 0.4) is 0 Å². The summed E-state index contributed by atoms with van der Waals surface area (Å²) in [6.45, 7) is 6.10. The molecule has 0 aliphatic carbocycles. The Morgan fingerprint density at radius 3 is 2.44 bits per heavy atom. The molecule has 1 aromatic carbocycles. The van der Waals surface area contributed by atoms with E-state index in [4.69, 9.17) is 0 Å². The first-order chi connectivity index (χ1) is 8.44. The number of halogens is 3. The summed E-state index contributed by atoms with van der Waals surface area (Å²) in [5.74, 6) is 0. The molecule has 0 N–H and O–H groups in total. The molecular weight excluding hydrogens is 239 g/mol. The largest absolute Gasteiger partial charge is 0.401 e. The van der Waals surface area contributed by atoms with E-state index in [9.17, 15) is 13.2 Å². The zero-order valence-electron chi connectivity index (χ0n) is 11.1. The summed E-state index contributed by atoms with van der Waals surface area (Å²) in [4.78, 5) is 1.46. The van der Waals surface area contributed by atoms with Crippen LogP contribution in [0.4, 0.5) is 13.2 Å². The van der Waals surface area contributed by atoms with E-state index in [1.54, 1.807) is 0 Å². The van der Waals surface area contributed by atoms with Gasteiger partial charge in [-0.05, 0) is 24.5 Å². The van der Waals surface area contributed by atoms with E-state index in [1.165, 1.54) is 16.0 Å². The number of nitrogens with zero attached hydrogens (tertiary/aromatic N) is 1. The van der Waals surface area contributed by atoms with E-state index in [-0.39, 0.29) is 0 Å². The van der Waals surface area contributed by atoms with E-state index in [2.05, 4.69) is 6.07 Å². The second-order valence-electron chi connectivity index (χ2n) is 4.35. The maximum atomic E-state index is 12.2. The molecule has 0 saturated carbocycles. The van der Waals surface area contributed by atoms with Crippen molar-refractivity contribution in [2.75, 3.05) is 13.1 Å². The first kappa shape index (κ1) is 15.0. The number of fused-ring (bicyclic) bond motifs is 1. The van der Waals surface area contributed by atoms with Crippen molar-refractivity contribution in [1.82, 2.24) is 4.90 Å². The lowest BCUT2D eigenvalue weighted by molar-refractivity contribution is -0.147. The van der Waals surface area contributed by atoms with Gasteiger partial charge in [0.2, 0.25) is 0 Å². The van der Waals surface area contributed by atoms with Crippen molar-refractivity contribution in [3.8, 4) is 0 Å². The Morgan fingerprint density at radius 2 is 1.83 bits per heavy atom. The van der Waals surface area contributed by atoms with Crippen LogP contribution in [0.25, 0.3) is 0 Å². The Hall–Kier alpha value is -1.03. The highest BCUT2D eigenvalue weighted by atomic mass is 19.4. The summed E-state index contributed by atoms with van der Waals surface area (Å²) in [6, 6.07) is 5.96. The lowest BCUT2D eigenvalue weighted by Gasteiger charge is -2.29. The molecule has 0 amide bonds. The molecule has 0 fully saturated rings. The molecule has 0 unspecified atom stereocenters. The SMILES string of the molecule is CC.Cc1ccc2c(c1)CCN(CC(F)(F)F)C2. The molecule has 102 valence electrons. The average Bonchev–Trinajstić information content (AvgIpc) is 2.30. The van der Waals surface area contributed by atoms with Gasteiger partial charge in [0.15, 0.2) is 0 Å². The molecule has 0 radical (unpaired) electrons. The minimum atomic E-state index is -4.10. The Kier molecular flexibility index (Phi) is 5.20. The molecule has 0 bridgehead atoms. The molecule has 2 rings (SSSR count). The van der Waals surface area contributed by atoms with Crippen LogP contribution in [0, 0.1) is 6.92 Å². The standard InChI is InChI=1S/C12H14F3N.C2H6/c1-9-2-3-11-7-16(8-12(13,14)15)5-4-10(11)6-9;1-2/h2-3,6H,4-5,7-8H2,1H3;1-2H3. The van der Waals surface area contributed by atoms with Gasteiger partial charge in [0, 0.05) is 13.1 Å². The van der Waals surface area contributed by atoms with Gasteiger partial charge < -0.3 is 0 Å². The van der Waals surface area contributed by atoms with Crippen molar-refractivity contribution in [3.63, 3.8) is 0 Å². The fraction of sp³-hybridized carbons (Fsp3) is 0.571.